The Labute approximate surface area is 149 Å². The first-order chi connectivity index (χ1) is 12.4. The molecular weight excluding hydrogens is 365 g/mol. The van der Waals surface area contributed by atoms with Crippen LogP contribution in [0.1, 0.15) is 0 Å². The molecule has 0 amide bonds. The average molecular weight is 381 g/mol. The van der Waals surface area contributed by atoms with Crippen LogP contribution in [0.4, 0.5) is 10.1 Å². The van der Waals surface area contributed by atoms with Gasteiger partial charge in [0.1, 0.15) is 22.2 Å². The van der Waals surface area contributed by atoms with Gasteiger partial charge in [0.05, 0.1) is 4.92 Å². The molecule has 0 unspecified atom stereocenters. The van der Waals surface area contributed by atoms with Gasteiger partial charge in [-0.25, -0.2) is 12.8 Å². The first kappa shape index (κ1) is 18.2. The number of halogens is 1. The van der Waals surface area contributed by atoms with Crippen molar-refractivity contribution in [2.24, 2.45) is 0 Å². The highest BCUT2D eigenvalue weighted by Gasteiger charge is 2.31. The van der Waals surface area contributed by atoms with Crippen LogP contribution >= 0.6 is 0 Å². The lowest BCUT2D eigenvalue weighted by molar-refractivity contribution is -0.385. The normalized spacial score (nSPS) is 15.6. The molecule has 2 aromatic carbocycles. The molecule has 0 radical (unpaired) electrons. The minimum absolute atomic E-state index is 0.0932. The van der Waals surface area contributed by atoms with Gasteiger partial charge in [0.2, 0.25) is 10.0 Å². The molecule has 138 valence electrons. The number of nitrogens with zero attached hydrogens (tertiary/aromatic N) is 2. The molecule has 0 atom stereocenters. The summed E-state index contributed by atoms with van der Waals surface area (Å²) in [4.78, 5) is 10.1. The van der Waals surface area contributed by atoms with Gasteiger partial charge in [-0.3, -0.25) is 10.1 Å². The second kappa shape index (κ2) is 7.36. The Morgan fingerprint density at radius 2 is 1.88 bits per heavy atom. The molecule has 2 aromatic rings. The Bertz CT molecular complexity index is 929. The number of sulfonamides is 1. The van der Waals surface area contributed by atoms with Crippen LogP contribution in [-0.2, 0) is 10.0 Å². The van der Waals surface area contributed by atoms with Gasteiger partial charge in [0.15, 0.2) is 0 Å². The molecule has 1 aliphatic rings. The van der Waals surface area contributed by atoms with Crippen molar-refractivity contribution >= 4 is 15.7 Å². The molecule has 0 spiro atoms. The van der Waals surface area contributed by atoms with Gasteiger partial charge in [0.25, 0.3) is 5.69 Å². The molecule has 0 bridgehead atoms. The van der Waals surface area contributed by atoms with E-state index in [1.54, 1.807) is 0 Å². The number of ether oxygens (including phenoxy) is 1. The number of hydrogen-bond donors (Lipinski definition) is 1. The smallest absolute Gasteiger partial charge is 0.271 e. The Balaban J connectivity index is 2.05. The van der Waals surface area contributed by atoms with Gasteiger partial charge in [0, 0.05) is 44.4 Å². The molecular formula is C16H16FN3O5S. The SMILES string of the molecule is O=[N+]([O-])c1ccc(Oc2cccc(F)c2)c(S(=O)(=O)N2CCNCC2)c1. The topological polar surface area (TPSA) is 102 Å². The monoisotopic (exact) mass is 381 g/mol. The van der Waals surface area contributed by atoms with Crippen LogP contribution in [0.15, 0.2) is 47.4 Å². The molecule has 0 aromatic heterocycles. The first-order valence-corrected chi connectivity index (χ1v) is 9.25. The number of benzene rings is 2. The number of rotatable bonds is 5. The summed E-state index contributed by atoms with van der Waals surface area (Å²) in [6.45, 7) is 1.44. The molecule has 1 N–H and O–H groups in total. The lowest BCUT2D eigenvalue weighted by Gasteiger charge is -2.27. The summed E-state index contributed by atoms with van der Waals surface area (Å²) >= 11 is 0. The minimum atomic E-state index is -4.01. The van der Waals surface area contributed by atoms with E-state index in [0.29, 0.717) is 13.1 Å². The van der Waals surface area contributed by atoms with Crippen molar-refractivity contribution in [2.45, 2.75) is 4.90 Å². The zero-order valence-corrected chi connectivity index (χ0v) is 14.4. The number of hydrogen-bond acceptors (Lipinski definition) is 6. The van der Waals surface area contributed by atoms with Crippen molar-refractivity contribution in [3.8, 4) is 11.5 Å². The van der Waals surface area contributed by atoms with Gasteiger partial charge < -0.3 is 10.1 Å². The van der Waals surface area contributed by atoms with Crippen molar-refractivity contribution < 1.29 is 22.5 Å². The summed E-state index contributed by atoms with van der Waals surface area (Å²) in [6.07, 6.45) is 0. The lowest BCUT2D eigenvalue weighted by atomic mass is 10.3. The van der Waals surface area contributed by atoms with E-state index in [9.17, 15) is 22.9 Å². The summed E-state index contributed by atoms with van der Waals surface area (Å²) in [5.41, 5.74) is -0.370. The Morgan fingerprint density at radius 3 is 2.54 bits per heavy atom. The van der Waals surface area contributed by atoms with Crippen LogP contribution < -0.4 is 10.1 Å². The van der Waals surface area contributed by atoms with Crippen LogP contribution in [0, 0.1) is 15.9 Å². The summed E-state index contributed by atoms with van der Waals surface area (Å²) in [5, 5.41) is 14.1. The Kier molecular flexibility index (Phi) is 5.16. The van der Waals surface area contributed by atoms with E-state index in [1.807, 2.05) is 0 Å². The van der Waals surface area contributed by atoms with Crippen molar-refractivity contribution in [3.05, 3.63) is 58.4 Å². The lowest BCUT2D eigenvalue weighted by Crippen LogP contribution is -2.46. The van der Waals surface area contributed by atoms with E-state index in [-0.39, 0.29) is 35.2 Å². The summed E-state index contributed by atoms with van der Waals surface area (Å²) in [7, 11) is -4.01. The van der Waals surface area contributed by atoms with E-state index in [4.69, 9.17) is 4.74 Å². The Morgan fingerprint density at radius 1 is 1.15 bits per heavy atom. The maximum Gasteiger partial charge on any atom is 0.271 e. The fraction of sp³-hybridized carbons (Fsp3) is 0.250. The van der Waals surface area contributed by atoms with E-state index in [2.05, 4.69) is 5.32 Å². The van der Waals surface area contributed by atoms with Crippen LogP contribution in [0.5, 0.6) is 11.5 Å². The number of nitro groups is 1. The van der Waals surface area contributed by atoms with E-state index in [1.165, 1.54) is 28.6 Å². The fourth-order valence-corrected chi connectivity index (χ4v) is 4.15. The van der Waals surface area contributed by atoms with Gasteiger partial charge in [-0.1, -0.05) is 6.07 Å². The predicted molar refractivity (Wildman–Crippen MR) is 91.2 cm³/mol. The minimum Gasteiger partial charge on any atom is -0.456 e. The van der Waals surface area contributed by atoms with Crippen LogP contribution in [0.2, 0.25) is 0 Å². The molecule has 0 aliphatic carbocycles. The van der Waals surface area contributed by atoms with E-state index in [0.717, 1.165) is 18.2 Å². The number of nitro benzene ring substituents is 1. The second-order valence-electron chi connectivity index (χ2n) is 5.60. The molecule has 1 saturated heterocycles. The third-order valence-electron chi connectivity index (χ3n) is 3.86. The standard InChI is InChI=1S/C16H16FN3O5S/c17-12-2-1-3-14(10-12)25-15-5-4-13(20(21)22)11-16(15)26(23,24)19-8-6-18-7-9-19/h1-5,10-11,18H,6-9H2. The summed E-state index contributed by atoms with van der Waals surface area (Å²) in [6, 6.07) is 8.52. The number of piperazine rings is 1. The summed E-state index contributed by atoms with van der Waals surface area (Å²) < 4.78 is 46.0. The quantitative estimate of drug-likeness (QED) is 0.629. The van der Waals surface area contributed by atoms with Gasteiger partial charge in [-0.05, 0) is 18.2 Å². The highest BCUT2D eigenvalue weighted by molar-refractivity contribution is 7.89. The van der Waals surface area contributed by atoms with Crippen molar-refractivity contribution in [3.63, 3.8) is 0 Å². The number of nitrogens with one attached hydrogen (secondary N) is 1. The molecule has 10 heteroatoms. The molecule has 1 heterocycles. The van der Waals surface area contributed by atoms with Gasteiger partial charge >= 0.3 is 0 Å². The van der Waals surface area contributed by atoms with Crippen molar-refractivity contribution in [2.75, 3.05) is 26.2 Å². The van der Waals surface area contributed by atoms with Gasteiger partial charge in [-0.2, -0.15) is 4.31 Å². The van der Waals surface area contributed by atoms with Crippen LogP contribution in [0.25, 0.3) is 0 Å². The van der Waals surface area contributed by atoms with E-state index >= 15 is 0 Å². The molecule has 3 rings (SSSR count). The second-order valence-corrected chi connectivity index (χ2v) is 7.51. The highest BCUT2D eigenvalue weighted by atomic mass is 32.2. The third-order valence-corrected chi connectivity index (χ3v) is 5.78. The number of non-ortho nitro benzene ring substituents is 1. The molecule has 0 saturated carbocycles. The first-order valence-electron chi connectivity index (χ1n) is 7.80. The fourth-order valence-electron chi connectivity index (χ4n) is 2.58. The zero-order valence-electron chi connectivity index (χ0n) is 13.6. The van der Waals surface area contributed by atoms with Crippen molar-refractivity contribution in [1.82, 2.24) is 9.62 Å². The largest absolute Gasteiger partial charge is 0.456 e. The summed E-state index contributed by atoms with van der Waals surface area (Å²) in [5.74, 6) is -0.550. The van der Waals surface area contributed by atoms with Crippen LogP contribution in [0.3, 0.4) is 0 Å². The van der Waals surface area contributed by atoms with E-state index < -0.39 is 20.8 Å². The third kappa shape index (κ3) is 3.82. The molecule has 1 fully saturated rings. The average Bonchev–Trinajstić information content (AvgIpc) is 2.62. The van der Waals surface area contributed by atoms with Gasteiger partial charge in [-0.15, -0.1) is 0 Å². The van der Waals surface area contributed by atoms with Crippen molar-refractivity contribution in [1.29, 1.82) is 0 Å². The highest BCUT2D eigenvalue weighted by Crippen LogP contribution is 2.34. The zero-order chi connectivity index (χ0) is 18.7. The molecule has 1 aliphatic heterocycles. The predicted octanol–water partition coefficient (Wildman–Crippen LogP) is 2.12. The molecule has 8 nitrogen and oxygen atoms in total. The maximum absolute atomic E-state index is 13.4. The molecule has 26 heavy (non-hydrogen) atoms. The maximum atomic E-state index is 13.4. The Hall–Kier alpha value is -2.56. The van der Waals surface area contributed by atoms with Crippen LogP contribution in [-0.4, -0.2) is 43.8 Å².